The number of nitrogens with zero attached hydrogens (tertiary/aromatic N) is 2. The molecule has 0 saturated carbocycles. The third kappa shape index (κ3) is 7.07. The second-order valence-corrected chi connectivity index (χ2v) is 13.1. The van der Waals surface area contributed by atoms with Crippen LogP contribution in [0.1, 0.15) is 69.5 Å². The normalized spacial score (nSPS) is 12.1. The van der Waals surface area contributed by atoms with E-state index in [9.17, 15) is 14.7 Å². The van der Waals surface area contributed by atoms with Gasteiger partial charge in [0.15, 0.2) is 0 Å². The number of hydrogen-bond acceptors (Lipinski definition) is 4. The van der Waals surface area contributed by atoms with Crippen LogP contribution < -0.4 is 4.74 Å². The molecular formula is C38H41ClN2O4. The molecule has 0 aliphatic carbocycles. The monoisotopic (exact) mass is 624 g/mol. The minimum atomic E-state index is -0.915. The van der Waals surface area contributed by atoms with Crippen LogP contribution in [-0.2, 0) is 35.6 Å². The predicted molar refractivity (Wildman–Crippen MR) is 181 cm³/mol. The van der Waals surface area contributed by atoms with Crippen LogP contribution in [0.25, 0.3) is 21.8 Å². The number of aldehydes is 1. The van der Waals surface area contributed by atoms with Crippen molar-refractivity contribution in [3.8, 4) is 5.75 Å². The Hall–Kier alpha value is -4.16. The van der Waals surface area contributed by atoms with Crippen LogP contribution in [0.15, 0.2) is 78.9 Å². The molecule has 5 rings (SSSR count). The SMILES string of the molecule is CCC(CC)(Cc1c(CCC(C)(C)C=O)c2cc(OCc3ccc4ccccc4n3)ccc2n1Cc1ccc(Cl)cc1)C(=O)O. The Kier molecular flexibility index (Phi) is 9.64. The molecule has 0 amide bonds. The van der Waals surface area contributed by atoms with E-state index in [2.05, 4.69) is 22.8 Å². The van der Waals surface area contributed by atoms with Crippen LogP contribution in [-0.4, -0.2) is 26.9 Å². The zero-order valence-corrected chi connectivity index (χ0v) is 27.2. The molecule has 0 atom stereocenters. The summed E-state index contributed by atoms with van der Waals surface area (Å²) in [7, 11) is 0. The largest absolute Gasteiger partial charge is 0.487 e. The maximum atomic E-state index is 12.7. The lowest BCUT2D eigenvalue weighted by Crippen LogP contribution is -2.33. The van der Waals surface area contributed by atoms with Crippen molar-refractivity contribution in [3.05, 3.63) is 106 Å². The van der Waals surface area contributed by atoms with Crippen LogP contribution in [0, 0.1) is 10.8 Å². The number of ether oxygens (including phenoxy) is 1. The average molecular weight is 625 g/mol. The van der Waals surface area contributed by atoms with Gasteiger partial charge < -0.3 is 19.2 Å². The lowest BCUT2D eigenvalue weighted by molar-refractivity contribution is -0.149. The molecule has 1 N–H and O–H groups in total. The number of carbonyl (C=O) groups is 2. The topological polar surface area (TPSA) is 81.4 Å². The van der Waals surface area contributed by atoms with Gasteiger partial charge in [0.1, 0.15) is 18.6 Å². The van der Waals surface area contributed by atoms with Crippen molar-refractivity contribution in [1.29, 1.82) is 0 Å². The Labute approximate surface area is 270 Å². The van der Waals surface area contributed by atoms with Crippen LogP contribution in [0.2, 0.25) is 5.02 Å². The molecule has 6 nitrogen and oxygen atoms in total. The maximum absolute atomic E-state index is 12.7. The van der Waals surface area contributed by atoms with Crippen LogP contribution in [0.4, 0.5) is 0 Å². The summed E-state index contributed by atoms with van der Waals surface area (Å²) in [6, 6.07) is 25.9. The molecule has 0 aliphatic rings. The van der Waals surface area contributed by atoms with Crippen molar-refractivity contribution >= 4 is 45.7 Å². The summed E-state index contributed by atoms with van der Waals surface area (Å²) in [6.07, 6.45) is 3.66. The highest BCUT2D eigenvalue weighted by Gasteiger charge is 2.37. The van der Waals surface area contributed by atoms with E-state index in [1.807, 2.05) is 88.4 Å². The highest BCUT2D eigenvalue weighted by molar-refractivity contribution is 6.30. The van der Waals surface area contributed by atoms with E-state index >= 15 is 0 Å². The molecule has 7 heteroatoms. The van der Waals surface area contributed by atoms with Gasteiger partial charge >= 0.3 is 5.97 Å². The highest BCUT2D eigenvalue weighted by atomic mass is 35.5. The van der Waals surface area contributed by atoms with Gasteiger partial charge in [0, 0.05) is 45.4 Å². The number of rotatable bonds is 14. The number of para-hydroxylation sites is 1. The van der Waals surface area contributed by atoms with E-state index in [1.165, 1.54) is 0 Å². The highest BCUT2D eigenvalue weighted by Crippen LogP contribution is 2.39. The summed E-state index contributed by atoms with van der Waals surface area (Å²) in [6.45, 7) is 8.66. The first kappa shape index (κ1) is 32.2. The first-order valence-corrected chi connectivity index (χ1v) is 16.0. The minimum Gasteiger partial charge on any atom is -0.487 e. The Morgan fingerprint density at radius 3 is 2.42 bits per heavy atom. The van der Waals surface area contributed by atoms with Crippen LogP contribution >= 0.6 is 11.6 Å². The number of carboxylic acids is 1. The summed E-state index contributed by atoms with van der Waals surface area (Å²) < 4.78 is 8.55. The summed E-state index contributed by atoms with van der Waals surface area (Å²) in [5.41, 5.74) is 4.44. The van der Waals surface area contributed by atoms with E-state index in [0.29, 0.717) is 56.0 Å². The summed E-state index contributed by atoms with van der Waals surface area (Å²) in [5.74, 6) is -0.0825. The Morgan fingerprint density at radius 1 is 1.00 bits per heavy atom. The predicted octanol–water partition coefficient (Wildman–Crippen LogP) is 9.06. The van der Waals surface area contributed by atoms with Crippen LogP contribution in [0.5, 0.6) is 5.75 Å². The van der Waals surface area contributed by atoms with Gasteiger partial charge in [0.2, 0.25) is 0 Å². The number of aromatic nitrogens is 2. The lowest BCUT2D eigenvalue weighted by Gasteiger charge is -2.28. The van der Waals surface area contributed by atoms with Gasteiger partial charge in [0.25, 0.3) is 0 Å². The quantitative estimate of drug-likeness (QED) is 0.125. The van der Waals surface area contributed by atoms with Crippen molar-refractivity contribution in [2.24, 2.45) is 10.8 Å². The van der Waals surface area contributed by atoms with Crippen molar-refractivity contribution in [2.75, 3.05) is 0 Å². The van der Waals surface area contributed by atoms with Gasteiger partial charge in [-0.3, -0.25) is 4.79 Å². The van der Waals surface area contributed by atoms with Crippen molar-refractivity contribution in [3.63, 3.8) is 0 Å². The van der Waals surface area contributed by atoms with Gasteiger partial charge in [-0.25, -0.2) is 4.98 Å². The molecular weight excluding hydrogens is 584 g/mol. The first-order valence-electron chi connectivity index (χ1n) is 15.6. The number of hydrogen-bond donors (Lipinski definition) is 1. The summed E-state index contributed by atoms with van der Waals surface area (Å²) >= 11 is 6.20. The number of pyridine rings is 1. The fourth-order valence-corrected chi connectivity index (χ4v) is 6.16. The molecule has 0 fully saturated rings. The van der Waals surface area contributed by atoms with Crippen molar-refractivity contribution in [2.45, 2.75) is 73.0 Å². The zero-order valence-electron chi connectivity index (χ0n) is 26.5. The van der Waals surface area contributed by atoms with E-state index in [-0.39, 0.29) is 0 Å². The first-order chi connectivity index (χ1) is 21.6. The maximum Gasteiger partial charge on any atom is 0.310 e. The molecule has 0 bridgehead atoms. The number of carbonyl (C=O) groups excluding carboxylic acids is 1. The second-order valence-electron chi connectivity index (χ2n) is 12.7. The van der Waals surface area contributed by atoms with Crippen molar-refractivity contribution in [1.82, 2.24) is 9.55 Å². The standard InChI is InChI=1S/C38H41ClN2O4/c1-5-38(6-2,36(43)44)22-35-31(19-20-37(3,4)25-42)32-21-30(45-24-29-16-13-27-9-7-8-10-33(27)40-29)17-18-34(32)41(35)23-26-11-14-28(39)15-12-26/h7-18,21,25H,5-6,19-20,22-24H2,1-4H3,(H,43,44). The number of halogens is 1. The van der Waals surface area contributed by atoms with Gasteiger partial charge in [-0.15, -0.1) is 0 Å². The van der Waals surface area contributed by atoms with Gasteiger partial charge in [-0.05, 0) is 79.3 Å². The molecule has 234 valence electrons. The lowest BCUT2D eigenvalue weighted by atomic mass is 9.77. The van der Waals surface area contributed by atoms with Crippen molar-refractivity contribution < 1.29 is 19.4 Å². The molecule has 0 unspecified atom stereocenters. The molecule has 2 aromatic heterocycles. The van der Waals surface area contributed by atoms with Gasteiger partial charge in [-0.2, -0.15) is 0 Å². The van der Waals surface area contributed by atoms with Crippen LogP contribution in [0.3, 0.4) is 0 Å². The minimum absolute atomic E-state index is 0.315. The van der Waals surface area contributed by atoms with E-state index in [4.69, 9.17) is 21.3 Å². The molecule has 2 heterocycles. The summed E-state index contributed by atoms with van der Waals surface area (Å²) in [5, 5.41) is 13.2. The molecule has 0 spiro atoms. The number of aryl methyl sites for hydroxylation is 1. The summed E-state index contributed by atoms with van der Waals surface area (Å²) in [4.78, 5) is 29.4. The fraction of sp³-hybridized carbons (Fsp3) is 0.342. The number of benzene rings is 3. The molecule has 45 heavy (non-hydrogen) atoms. The van der Waals surface area contributed by atoms with E-state index in [1.54, 1.807) is 0 Å². The number of aliphatic carboxylic acids is 1. The van der Waals surface area contributed by atoms with Gasteiger partial charge in [-0.1, -0.05) is 75.7 Å². The van der Waals surface area contributed by atoms with Gasteiger partial charge in [0.05, 0.1) is 16.6 Å². The average Bonchev–Trinajstić information content (AvgIpc) is 3.33. The van der Waals surface area contributed by atoms with E-state index < -0.39 is 16.8 Å². The molecule has 0 radical (unpaired) electrons. The fourth-order valence-electron chi connectivity index (χ4n) is 6.03. The Bertz CT molecular complexity index is 1820. The second kappa shape index (κ2) is 13.5. The molecule has 0 saturated heterocycles. The molecule has 5 aromatic rings. The third-order valence-electron chi connectivity index (χ3n) is 9.21. The number of carboxylic acid groups (broad SMARTS) is 1. The molecule has 3 aromatic carbocycles. The van der Waals surface area contributed by atoms with E-state index in [0.717, 1.165) is 50.6 Å². The third-order valence-corrected chi connectivity index (χ3v) is 9.46. The molecule has 0 aliphatic heterocycles. The Morgan fingerprint density at radius 2 is 1.73 bits per heavy atom. The smallest absolute Gasteiger partial charge is 0.310 e. The zero-order chi connectivity index (χ0) is 32.2. The Balaban J connectivity index is 1.61. The number of fused-ring (bicyclic) bond motifs is 2.